The highest BCUT2D eigenvalue weighted by Gasteiger charge is 2.17. The second-order valence-electron chi connectivity index (χ2n) is 5.92. The van der Waals surface area contributed by atoms with Crippen molar-refractivity contribution in [2.24, 2.45) is 0 Å². The molecule has 4 aromatic rings. The van der Waals surface area contributed by atoms with E-state index in [4.69, 9.17) is 4.42 Å². The molecule has 0 radical (unpaired) electrons. The third-order valence-corrected chi connectivity index (χ3v) is 5.13. The maximum atomic E-state index is 12.8. The first-order valence-electron chi connectivity index (χ1n) is 8.57. The summed E-state index contributed by atoms with van der Waals surface area (Å²) in [5.41, 5.74) is 1.91. The molecule has 0 aliphatic heterocycles. The second-order valence-corrected chi connectivity index (χ2v) is 6.87. The molecule has 2 aromatic carbocycles. The Morgan fingerprint density at radius 2 is 1.89 bits per heavy atom. The van der Waals surface area contributed by atoms with Crippen LogP contribution in [0.4, 0.5) is 5.69 Å². The van der Waals surface area contributed by atoms with Gasteiger partial charge >= 0.3 is 0 Å². The number of rotatable bonds is 5. The van der Waals surface area contributed by atoms with Gasteiger partial charge in [0.05, 0.1) is 5.75 Å². The number of hydrogen-bond acceptors (Lipinski definition) is 5. The minimum Gasteiger partial charge on any atom is -0.448 e. The molecule has 2 aromatic heterocycles. The van der Waals surface area contributed by atoms with E-state index in [1.165, 1.54) is 16.3 Å². The second kappa shape index (κ2) is 7.28. The molecule has 6 nitrogen and oxygen atoms in total. The summed E-state index contributed by atoms with van der Waals surface area (Å²) in [6, 6.07) is 16.7. The van der Waals surface area contributed by atoms with Crippen molar-refractivity contribution in [3.05, 3.63) is 65.0 Å². The quantitative estimate of drug-likeness (QED) is 0.420. The normalized spacial score (nSPS) is 11.1. The molecule has 0 saturated carbocycles. The maximum absolute atomic E-state index is 12.8. The van der Waals surface area contributed by atoms with Crippen LogP contribution in [0, 0.1) is 0 Å². The predicted octanol–water partition coefficient (Wildman–Crippen LogP) is 3.89. The zero-order valence-corrected chi connectivity index (χ0v) is 15.5. The number of fused-ring (bicyclic) bond motifs is 3. The third-order valence-electron chi connectivity index (χ3n) is 4.15. The summed E-state index contributed by atoms with van der Waals surface area (Å²) in [6.45, 7) is 2.31. The summed E-state index contributed by atoms with van der Waals surface area (Å²) in [4.78, 5) is 29.7. The van der Waals surface area contributed by atoms with Crippen LogP contribution in [0.2, 0.25) is 0 Å². The summed E-state index contributed by atoms with van der Waals surface area (Å²) in [5, 5.41) is 4.13. The number of thioether (sulfide) groups is 1. The van der Waals surface area contributed by atoms with Crippen LogP contribution < -0.4 is 10.9 Å². The Morgan fingerprint density at radius 1 is 1.15 bits per heavy atom. The zero-order chi connectivity index (χ0) is 18.8. The van der Waals surface area contributed by atoms with Crippen molar-refractivity contribution < 1.29 is 9.21 Å². The number of carbonyl (C=O) groups excluding carboxylic acids is 1. The molecule has 0 saturated heterocycles. The first-order chi connectivity index (χ1) is 13.2. The highest BCUT2D eigenvalue weighted by molar-refractivity contribution is 7.99. The van der Waals surface area contributed by atoms with Crippen LogP contribution in [0.3, 0.4) is 0 Å². The Bertz CT molecular complexity index is 1180. The number of nitrogens with zero attached hydrogens (tertiary/aromatic N) is 2. The van der Waals surface area contributed by atoms with E-state index in [1.54, 1.807) is 0 Å². The molecule has 4 rings (SSSR count). The van der Waals surface area contributed by atoms with Crippen molar-refractivity contribution in [3.63, 3.8) is 0 Å². The number of benzene rings is 2. The lowest BCUT2D eigenvalue weighted by Crippen LogP contribution is -2.23. The molecule has 7 heteroatoms. The maximum Gasteiger partial charge on any atom is 0.297 e. The molecule has 2 heterocycles. The Kier molecular flexibility index (Phi) is 4.68. The van der Waals surface area contributed by atoms with E-state index in [-0.39, 0.29) is 22.8 Å². The number of nitrogens with one attached hydrogen (secondary N) is 1. The van der Waals surface area contributed by atoms with Gasteiger partial charge in [-0.2, -0.15) is 0 Å². The fourth-order valence-electron chi connectivity index (χ4n) is 2.89. The molecule has 136 valence electrons. The minimum atomic E-state index is -0.232. The number of anilines is 1. The Morgan fingerprint density at radius 3 is 2.67 bits per heavy atom. The average molecular weight is 379 g/mol. The SMILES string of the molecule is CCn1c(SCC(=O)Nc2ccccc2)nc2c(oc3ccccc32)c1=O. The summed E-state index contributed by atoms with van der Waals surface area (Å²) >= 11 is 1.24. The average Bonchev–Trinajstić information content (AvgIpc) is 3.06. The molecule has 0 unspecified atom stereocenters. The van der Waals surface area contributed by atoms with Crippen LogP contribution in [-0.4, -0.2) is 21.2 Å². The van der Waals surface area contributed by atoms with Gasteiger partial charge in [0.2, 0.25) is 11.5 Å². The summed E-state index contributed by atoms with van der Waals surface area (Å²) in [6.07, 6.45) is 0. The van der Waals surface area contributed by atoms with Crippen molar-refractivity contribution in [1.82, 2.24) is 9.55 Å². The van der Waals surface area contributed by atoms with E-state index in [0.717, 1.165) is 11.1 Å². The first-order valence-corrected chi connectivity index (χ1v) is 9.55. The van der Waals surface area contributed by atoms with Crippen LogP contribution in [0.5, 0.6) is 0 Å². The molecule has 0 spiro atoms. The molecule has 0 bridgehead atoms. The highest BCUT2D eigenvalue weighted by Crippen LogP contribution is 2.27. The topological polar surface area (TPSA) is 77.1 Å². The van der Waals surface area contributed by atoms with Crippen molar-refractivity contribution in [2.45, 2.75) is 18.6 Å². The van der Waals surface area contributed by atoms with Gasteiger partial charge in [-0.15, -0.1) is 0 Å². The standard InChI is InChI=1S/C20H17N3O3S/c1-2-23-19(25)18-17(14-10-6-7-11-15(14)26-18)22-20(23)27-12-16(24)21-13-8-4-3-5-9-13/h3-11H,2,12H2,1H3,(H,21,24). The van der Waals surface area contributed by atoms with Gasteiger partial charge < -0.3 is 9.73 Å². The van der Waals surface area contributed by atoms with Crippen LogP contribution in [0.25, 0.3) is 22.1 Å². The summed E-state index contributed by atoms with van der Waals surface area (Å²) < 4.78 is 7.23. The molecule has 0 aliphatic rings. The number of furan rings is 1. The van der Waals surface area contributed by atoms with E-state index < -0.39 is 0 Å². The van der Waals surface area contributed by atoms with Crippen molar-refractivity contribution in [3.8, 4) is 0 Å². The van der Waals surface area contributed by atoms with Gasteiger partial charge in [-0.05, 0) is 31.2 Å². The molecule has 27 heavy (non-hydrogen) atoms. The van der Waals surface area contributed by atoms with Crippen LogP contribution >= 0.6 is 11.8 Å². The minimum absolute atomic E-state index is 0.153. The predicted molar refractivity (Wildman–Crippen MR) is 107 cm³/mol. The largest absolute Gasteiger partial charge is 0.448 e. The third kappa shape index (κ3) is 3.33. The lowest BCUT2D eigenvalue weighted by molar-refractivity contribution is -0.113. The number of para-hydroxylation sites is 2. The molecule has 0 atom stereocenters. The molecule has 1 N–H and O–H groups in total. The van der Waals surface area contributed by atoms with E-state index in [0.29, 0.717) is 22.8 Å². The smallest absolute Gasteiger partial charge is 0.297 e. The van der Waals surface area contributed by atoms with Crippen molar-refractivity contribution >= 4 is 45.4 Å². The van der Waals surface area contributed by atoms with Gasteiger partial charge in [0.1, 0.15) is 11.1 Å². The lowest BCUT2D eigenvalue weighted by Gasteiger charge is -2.09. The van der Waals surface area contributed by atoms with Crippen LogP contribution in [-0.2, 0) is 11.3 Å². The number of aromatic nitrogens is 2. The monoisotopic (exact) mass is 379 g/mol. The molecule has 1 amide bonds. The lowest BCUT2D eigenvalue weighted by atomic mass is 10.2. The van der Waals surface area contributed by atoms with Gasteiger partial charge in [-0.3, -0.25) is 14.2 Å². The van der Waals surface area contributed by atoms with E-state index >= 15 is 0 Å². The van der Waals surface area contributed by atoms with Gasteiger partial charge in [0.25, 0.3) is 5.56 Å². The van der Waals surface area contributed by atoms with Gasteiger partial charge in [0.15, 0.2) is 5.16 Å². The Balaban J connectivity index is 1.65. The number of hydrogen-bond donors (Lipinski definition) is 1. The van der Waals surface area contributed by atoms with Gasteiger partial charge in [-0.25, -0.2) is 4.98 Å². The van der Waals surface area contributed by atoms with Crippen LogP contribution in [0.1, 0.15) is 6.92 Å². The van der Waals surface area contributed by atoms with E-state index in [2.05, 4.69) is 10.3 Å². The molecular weight excluding hydrogens is 362 g/mol. The Hall–Kier alpha value is -3.06. The van der Waals surface area contributed by atoms with Gasteiger partial charge in [0, 0.05) is 17.6 Å². The van der Waals surface area contributed by atoms with E-state index in [9.17, 15) is 9.59 Å². The molecular formula is C20H17N3O3S. The van der Waals surface area contributed by atoms with Crippen molar-refractivity contribution in [2.75, 3.05) is 11.1 Å². The first kappa shape index (κ1) is 17.4. The fourth-order valence-corrected chi connectivity index (χ4v) is 3.75. The van der Waals surface area contributed by atoms with Crippen molar-refractivity contribution in [1.29, 1.82) is 0 Å². The van der Waals surface area contributed by atoms with Gasteiger partial charge in [-0.1, -0.05) is 42.1 Å². The number of carbonyl (C=O) groups is 1. The Labute approximate surface area is 159 Å². The van der Waals surface area contributed by atoms with Crippen LogP contribution in [0.15, 0.2) is 69.0 Å². The number of amides is 1. The highest BCUT2D eigenvalue weighted by atomic mass is 32.2. The fraction of sp³-hybridized carbons (Fsp3) is 0.150. The van der Waals surface area contributed by atoms with E-state index in [1.807, 2.05) is 61.5 Å². The molecule has 0 fully saturated rings. The summed E-state index contributed by atoms with van der Waals surface area (Å²) in [5.74, 6) is 0.00284. The zero-order valence-electron chi connectivity index (χ0n) is 14.6. The summed E-state index contributed by atoms with van der Waals surface area (Å²) in [7, 11) is 0. The molecule has 0 aliphatic carbocycles.